The number of methoxy groups -OCH3 is 1. The van der Waals surface area contributed by atoms with Crippen molar-refractivity contribution < 1.29 is 19.4 Å². The maximum atomic E-state index is 10.4. The molecule has 2 saturated heterocycles. The van der Waals surface area contributed by atoms with Gasteiger partial charge in [0.1, 0.15) is 12.7 Å². The fourth-order valence-corrected chi connectivity index (χ4v) is 3.62. The Kier molecular flexibility index (Phi) is 7.55. The van der Waals surface area contributed by atoms with Gasteiger partial charge in [-0.2, -0.15) is 5.06 Å². The molecule has 2 aliphatic heterocycles. The van der Waals surface area contributed by atoms with Crippen molar-refractivity contribution in [3.63, 3.8) is 0 Å². The van der Waals surface area contributed by atoms with E-state index >= 15 is 0 Å². The molecule has 0 bridgehead atoms. The second-order valence-corrected chi connectivity index (χ2v) is 7.22. The summed E-state index contributed by atoms with van der Waals surface area (Å²) < 4.78 is 11.3. The average Bonchev–Trinajstić information content (AvgIpc) is 3.02. The molecule has 1 aromatic rings. The zero-order valence-electron chi connectivity index (χ0n) is 15.9. The minimum Gasteiger partial charge on any atom is -0.493 e. The summed E-state index contributed by atoms with van der Waals surface area (Å²) >= 11 is 0. The molecule has 0 saturated carbocycles. The molecule has 1 aromatic carbocycles. The minimum absolute atomic E-state index is 0.274. The van der Waals surface area contributed by atoms with E-state index < -0.39 is 6.10 Å². The van der Waals surface area contributed by atoms with E-state index in [-0.39, 0.29) is 6.61 Å². The Morgan fingerprint density at radius 2 is 1.88 bits per heavy atom. The van der Waals surface area contributed by atoms with E-state index in [1.807, 2.05) is 23.3 Å². The van der Waals surface area contributed by atoms with Crippen LogP contribution < -0.4 is 9.47 Å². The number of hydroxylamine groups is 2. The van der Waals surface area contributed by atoms with Crippen LogP contribution >= 0.6 is 0 Å². The number of aliphatic hydroxyl groups is 1. The van der Waals surface area contributed by atoms with Crippen molar-refractivity contribution >= 4 is 0 Å². The zero-order valence-corrected chi connectivity index (χ0v) is 15.9. The number of likely N-dealkylation sites (tertiary alicyclic amines) is 1. The van der Waals surface area contributed by atoms with Gasteiger partial charge in [0, 0.05) is 19.6 Å². The van der Waals surface area contributed by atoms with Gasteiger partial charge in [-0.25, -0.2) is 0 Å². The van der Waals surface area contributed by atoms with E-state index in [2.05, 4.69) is 4.90 Å². The van der Waals surface area contributed by atoms with Gasteiger partial charge in [-0.05, 0) is 50.0 Å². The van der Waals surface area contributed by atoms with Crippen molar-refractivity contribution in [3.05, 3.63) is 23.8 Å². The number of hydrogen-bond donors (Lipinski definition) is 1. The molecule has 1 unspecified atom stereocenters. The summed E-state index contributed by atoms with van der Waals surface area (Å²) in [6.07, 6.45) is 5.62. The quantitative estimate of drug-likeness (QED) is 0.765. The van der Waals surface area contributed by atoms with Gasteiger partial charge in [0.15, 0.2) is 11.5 Å². The van der Waals surface area contributed by atoms with Gasteiger partial charge in [0.25, 0.3) is 0 Å². The number of aliphatic hydroxyl groups excluding tert-OH is 1. The molecule has 2 fully saturated rings. The zero-order chi connectivity index (χ0) is 18.2. The van der Waals surface area contributed by atoms with Gasteiger partial charge in [0.2, 0.25) is 0 Å². The van der Waals surface area contributed by atoms with E-state index in [0.29, 0.717) is 18.0 Å². The standard InChI is InChI=1S/C20H32N2O4/c1-24-19-8-7-17(14-22-11-6-12-26-22)13-20(19)25-16-18(23)15-21-9-4-2-3-5-10-21/h7-8,13,18,23H,2-6,9-12,14-16H2,1H3. The lowest BCUT2D eigenvalue weighted by molar-refractivity contribution is -0.117. The molecular formula is C20H32N2O4. The highest BCUT2D eigenvalue weighted by Gasteiger charge is 2.17. The fraction of sp³-hybridized carbons (Fsp3) is 0.700. The number of β-amino-alcohol motifs (C(OH)–C–C–N with tert-alkyl or cyclic N) is 1. The van der Waals surface area contributed by atoms with Crippen molar-refractivity contribution in [3.8, 4) is 11.5 Å². The van der Waals surface area contributed by atoms with Crippen molar-refractivity contribution in [2.75, 3.05) is 46.5 Å². The maximum Gasteiger partial charge on any atom is 0.161 e. The highest BCUT2D eigenvalue weighted by Crippen LogP contribution is 2.29. The van der Waals surface area contributed by atoms with E-state index in [1.165, 1.54) is 25.7 Å². The van der Waals surface area contributed by atoms with Gasteiger partial charge >= 0.3 is 0 Å². The molecule has 0 radical (unpaired) electrons. The molecule has 26 heavy (non-hydrogen) atoms. The molecule has 0 aromatic heterocycles. The van der Waals surface area contributed by atoms with Crippen molar-refractivity contribution in [2.24, 2.45) is 0 Å². The molecule has 1 N–H and O–H groups in total. The molecule has 2 heterocycles. The number of benzene rings is 1. The van der Waals surface area contributed by atoms with Gasteiger partial charge in [0.05, 0.1) is 13.7 Å². The number of nitrogens with zero attached hydrogens (tertiary/aromatic N) is 2. The highest BCUT2D eigenvalue weighted by molar-refractivity contribution is 5.43. The first-order valence-electron chi connectivity index (χ1n) is 9.82. The second kappa shape index (κ2) is 10.1. The second-order valence-electron chi connectivity index (χ2n) is 7.22. The average molecular weight is 364 g/mol. The summed E-state index contributed by atoms with van der Waals surface area (Å²) in [5.74, 6) is 1.37. The normalized spacial score (nSPS) is 20.7. The largest absolute Gasteiger partial charge is 0.493 e. The van der Waals surface area contributed by atoms with E-state index in [4.69, 9.17) is 14.3 Å². The molecule has 3 rings (SSSR count). The Labute approximate surface area is 156 Å². The van der Waals surface area contributed by atoms with Crippen LogP contribution in [0.15, 0.2) is 18.2 Å². The predicted octanol–water partition coefficient (Wildman–Crippen LogP) is 2.45. The summed E-state index contributed by atoms with van der Waals surface area (Å²) in [7, 11) is 1.64. The molecule has 146 valence electrons. The van der Waals surface area contributed by atoms with Crippen LogP contribution in [-0.4, -0.2) is 67.7 Å². The Morgan fingerprint density at radius 3 is 2.58 bits per heavy atom. The van der Waals surface area contributed by atoms with Gasteiger partial charge in [-0.1, -0.05) is 18.9 Å². The summed E-state index contributed by atoms with van der Waals surface area (Å²) in [6, 6.07) is 5.93. The third-order valence-corrected chi connectivity index (χ3v) is 5.01. The summed E-state index contributed by atoms with van der Waals surface area (Å²) in [6.45, 7) is 5.58. The first-order valence-corrected chi connectivity index (χ1v) is 9.82. The van der Waals surface area contributed by atoms with Crippen LogP contribution in [0.4, 0.5) is 0 Å². The van der Waals surface area contributed by atoms with Gasteiger partial charge < -0.3 is 19.5 Å². The van der Waals surface area contributed by atoms with Crippen LogP contribution in [0.3, 0.4) is 0 Å². The molecule has 0 amide bonds. The Hall–Kier alpha value is -1.34. The number of rotatable bonds is 8. The molecular weight excluding hydrogens is 332 g/mol. The number of hydrogen-bond acceptors (Lipinski definition) is 6. The lowest BCUT2D eigenvalue weighted by Crippen LogP contribution is -2.36. The first-order chi connectivity index (χ1) is 12.7. The van der Waals surface area contributed by atoms with Crippen LogP contribution in [0.1, 0.15) is 37.7 Å². The first kappa shape index (κ1) is 19.4. The molecule has 1 atom stereocenters. The predicted molar refractivity (Wildman–Crippen MR) is 100 cm³/mol. The van der Waals surface area contributed by atoms with Gasteiger partial charge in [-0.15, -0.1) is 0 Å². The maximum absolute atomic E-state index is 10.4. The summed E-state index contributed by atoms with van der Waals surface area (Å²) in [5, 5.41) is 12.4. The van der Waals surface area contributed by atoms with Crippen LogP contribution in [0, 0.1) is 0 Å². The van der Waals surface area contributed by atoms with Crippen LogP contribution in [0.25, 0.3) is 0 Å². The monoisotopic (exact) mass is 364 g/mol. The molecule has 2 aliphatic rings. The van der Waals surface area contributed by atoms with Crippen LogP contribution in [0.2, 0.25) is 0 Å². The third kappa shape index (κ3) is 5.84. The molecule has 6 nitrogen and oxygen atoms in total. The Balaban J connectivity index is 1.53. The van der Waals surface area contributed by atoms with Crippen LogP contribution in [0.5, 0.6) is 11.5 Å². The minimum atomic E-state index is -0.497. The Morgan fingerprint density at radius 1 is 1.08 bits per heavy atom. The molecule has 0 aliphatic carbocycles. The topological polar surface area (TPSA) is 54.4 Å². The van der Waals surface area contributed by atoms with E-state index in [9.17, 15) is 5.11 Å². The molecule has 0 spiro atoms. The lowest BCUT2D eigenvalue weighted by Gasteiger charge is -2.23. The van der Waals surface area contributed by atoms with Crippen molar-refractivity contribution in [1.29, 1.82) is 0 Å². The highest BCUT2D eigenvalue weighted by atomic mass is 16.7. The third-order valence-electron chi connectivity index (χ3n) is 5.01. The van der Waals surface area contributed by atoms with Crippen LogP contribution in [-0.2, 0) is 11.4 Å². The molecule has 6 heteroatoms. The fourth-order valence-electron chi connectivity index (χ4n) is 3.62. The SMILES string of the molecule is COc1ccc(CN2CCCO2)cc1OCC(O)CN1CCCCCC1. The van der Waals surface area contributed by atoms with E-state index in [0.717, 1.165) is 44.8 Å². The summed E-state index contributed by atoms with van der Waals surface area (Å²) in [5.41, 5.74) is 1.12. The Bertz CT molecular complexity index is 541. The number of ether oxygens (including phenoxy) is 2. The summed E-state index contributed by atoms with van der Waals surface area (Å²) in [4.78, 5) is 7.91. The van der Waals surface area contributed by atoms with Crippen molar-refractivity contribution in [1.82, 2.24) is 9.96 Å². The van der Waals surface area contributed by atoms with E-state index in [1.54, 1.807) is 7.11 Å². The van der Waals surface area contributed by atoms with Crippen molar-refractivity contribution in [2.45, 2.75) is 44.8 Å². The lowest BCUT2D eigenvalue weighted by atomic mass is 10.2. The van der Waals surface area contributed by atoms with Gasteiger partial charge in [-0.3, -0.25) is 4.84 Å². The smallest absolute Gasteiger partial charge is 0.161 e.